The third-order valence-corrected chi connectivity index (χ3v) is 5.85. The number of alkyl halides is 2. The molecule has 35 heavy (non-hydrogen) atoms. The zero-order valence-electron chi connectivity index (χ0n) is 19.1. The highest BCUT2D eigenvalue weighted by Crippen LogP contribution is 2.32. The van der Waals surface area contributed by atoms with Gasteiger partial charge in [-0.3, -0.25) is 0 Å². The van der Waals surface area contributed by atoms with Gasteiger partial charge in [0, 0.05) is 29.9 Å². The van der Waals surface area contributed by atoms with Crippen molar-refractivity contribution in [3.05, 3.63) is 59.2 Å². The fourth-order valence-corrected chi connectivity index (χ4v) is 4.04. The van der Waals surface area contributed by atoms with Crippen LogP contribution in [0.5, 0.6) is 0 Å². The van der Waals surface area contributed by atoms with Gasteiger partial charge in [-0.1, -0.05) is 0 Å². The first-order valence-corrected chi connectivity index (χ1v) is 10.9. The van der Waals surface area contributed by atoms with Gasteiger partial charge < -0.3 is 9.64 Å². The molecular formula is C23H21F4N7O. The predicted molar refractivity (Wildman–Crippen MR) is 119 cm³/mol. The van der Waals surface area contributed by atoms with Crippen molar-refractivity contribution in [2.24, 2.45) is 0 Å². The van der Waals surface area contributed by atoms with Crippen molar-refractivity contribution < 1.29 is 22.3 Å². The molecule has 3 aromatic heterocycles. The largest absolute Gasteiger partial charge is 0.367 e. The minimum atomic E-state index is -2.76. The van der Waals surface area contributed by atoms with Gasteiger partial charge in [-0.15, -0.1) is 0 Å². The Kier molecular flexibility index (Phi) is 5.83. The number of fused-ring (bicyclic) bond motifs is 1. The molecule has 0 radical (unpaired) electrons. The molecule has 0 aliphatic carbocycles. The van der Waals surface area contributed by atoms with E-state index in [1.54, 1.807) is 13.8 Å². The second-order valence-electron chi connectivity index (χ2n) is 8.43. The van der Waals surface area contributed by atoms with E-state index in [0.717, 1.165) is 12.1 Å². The van der Waals surface area contributed by atoms with E-state index in [2.05, 4.69) is 25.0 Å². The number of nitrogens with zero attached hydrogens (tertiary/aromatic N) is 7. The van der Waals surface area contributed by atoms with E-state index in [0.29, 0.717) is 33.7 Å². The lowest BCUT2D eigenvalue weighted by atomic mass is 10.1. The van der Waals surface area contributed by atoms with Crippen LogP contribution in [0, 0.1) is 25.5 Å². The Labute approximate surface area is 197 Å². The number of morpholine rings is 1. The van der Waals surface area contributed by atoms with Crippen LogP contribution < -0.4 is 4.90 Å². The van der Waals surface area contributed by atoms with Crippen LogP contribution in [0.25, 0.3) is 22.4 Å². The SMILES string of the molecule is Cc1nc2nc(N3CC(C)OC(c4cnn(C(F)F)c4)C3)nc(-c3ccc(F)cc3F)c2nc1C. The van der Waals surface area contributed by atoms with Crippen molar-refractivity contribution in [2.45, 2.75) is 39.5 Å². The molecule has 1 aliphatic rings. The molecule has 8 nitrogen and oxygen atoms in total. The van der Waals surface area contributed by atoms with E-state index in [9.17, 15) is 17.6 Å². The number of hydrogen-bond donors (Lipinski definition) is 0. The highest BCUT2D eigenvalue weighted by Gasteiger charge is 2.30. The zero-order valence-corrected chi connectivity index (χ0v) is 19.1. The molecule has 0 spiro atoms. The molecule has 0 saturated carbocycles. The Hall–Kier alpha value is -3.67. The Morgan fingerprint density at radius 1 is 1.03 bits per heavy atom. The molecule has 182 valence electrons. The summed E-state index contributed by atoms with van der Waals surface area (Å²) < 4.78 is 60.9. The number of hydrogen-bond acceptors (Lipinski definition) is 7. The minimum absolute atomic E-state index is 0.0636. The van der Waals surface area contributed by atoms with Crippen LogP contribution in [0.15, 0.2) is 30.6 Å². The van der Waals surface area contributed by atoms with Crippen LogP contribution in [-0.2, 0) is 4.74 Å². The van der Waals surface area contributed by atoms with E-state index in [4.69, 9.17) is 4.74 Å². The lowest BCUT2D eigenvalue weighted by molar-refractivity contribution is -0.0181. The molecule has 4 aromatic rings. The summed E-state index contributed by atoms with van der Waals surface area (Å²) in [6.45, 7) is 3.28. The fraction of sp³-hybridized carbons (Fsp3) is 0.348. The second kappa shape index (κ2) is 8.84. The maximum absolute atomic E-state index is 14.8. The quantitative estimate of drug-likeness (QED) is 0.391. The summed E-state index contributed by atoms with van der Waals surface area (Å²) in [6.07, 6.45) is 1.72. The monoisotopic (exact) mass is 487 g/mol. The van der Waals surface area contributed by atoms with Crippen molar-refractivity contribution in [1.82, 2.24) is 29.7 Å². The highest BCUT2D eigenvalue weighted by molar-refractivity contribution is 5.88. The minimum Gasteiger partial charge on any atom is -0.367 e. The fourth-order valence-electron chi connectivity index (χ4n) is 4.04. The maximum Gasteiger partial charge on any atom is 0.333 e. The molecule has 1 saturated heterocycles. The number of anilines is 1. The zero-order chi connectivity index (χ0) is 24.9. The van der Waals surface area contributed by atoms with Gasteiger partial charge >= 0.3 is 6.55 Å². The Balaban J connectivity index is 1.60. The van der Waals surface area contributed by atoms with E-state index in [1.807, 2.05) is 11.8 Å². The molecule has 2 atom stereocenters. The van der Waals surface area contributed by atoms with Crippen LogP contribution in [0.4, 0.5) is 23.5 Å². The molecule has 12 heteroatoms. The van der Waals surface area contributed by atoms with Crippen LogP contribution in [0.3, 0.4) is 0 Å². The van der Waals surface area contributed by atoms with Crippen molar-refractivity contribution in [3.8, 4) is 11.3 Å². The predicted octanol–water partition coefficient (Wildman–Crippen LogP) is 4.54. The van der Waals surface area contributed by atoms with Gasteiger partial charge in [0.25, 0.3) is 0 Å². The first-order valence-electron chi connectivity index (χ1n) is 10.9. The topological polar surface area (TPSA) is 81.9 Å². The molecule has 1 aromatic carbocycles. The Morgan fingerprint density at radius 2 is 1.80 bits per heavy atom. The first kappa shape index (κ1) is 23.1. The van der Waals surface area contributed by atoms with Gasteiger partial charge in [0.15, 0.2) is 5.65 Å². The summed E-state index contributed by atoms with van der Waals surface area (Å²) in [5, 5.41) is 3.69. The smallest absolute Gasteiger partial charge is 0.333 e. The molecule has 1 aliphatic heterocycles. The number of aryl methyl sites for hydroxylation is 2. The Bertz CT molecular complexity index is 1410. The number of benzene rings is 1. The molecule has 5 rings (SSSR count). The average molecular weight is 487 g/mol. The maximum atomic E-state index is 14.8. The van der Waals surface area contributed by atoms with Crippen molar-refractivity contribution >= 4 is 17.1 Å². The van der Waals surface area contributed by atoms with Crippen LogP contribution in [0.1, 0.15) is 36.5 Å². The van der Waals surface area contributed by atoms with Gasteiger partial charge in [-0.2, -0.15) is 18.9 Å². The van der Waals surface area contributed by atoms with Gasteiger partial charge in [0.1, 0.15) is 28.9 Å². The van der Waals surface area contributed by atoms with E-state index >= 15 is 0 Å². The van der Waals surface area contributed by atoms with Gasteiger partial charge in [0.05, 0.1) is 30.2 Å². The highest BCUT2D eigenvalue weighted by atomic mass is 19.3. The lowest BCUT2D eigenvalue weighted by Gasteiger charge is -2.36. The third kappa shape index (κ3) is 4.41. The summed E-state index contributed by atoms with van der Waals surface area (Å²) in [4.78, 5) is 20.0. The molecule has 0 N–H and O–H groups in total. The van der Waals surface area contributed by atoms with Crippen LogP contribution in [-0.4, -0.2) is 48.9 Å². The summed E-state index contributed by atoms with van der Waals surface area (Å²) in [5.41, 5.74) is 2.57. The van der Waals surface area contributed by atoms with E-state index < -0.39 is 24.3 Å². The van der Waals surface area contributed by atoms with E-state index in [1.165, 1.54) is 18.5 Å². The summed E-state index contributed by atoms with van der Waals surface area (Å²) in [7, 11) is 0. The molecule has 0 amide bonds. The normalized spacial score (nSPS) is 18.6. The van der Waals surface area contributed by atoms with Gasteiger partial charge in [0.2, 0.25) is 5.95 Å². The number of aromatic nitrogens is 6. The molecule has 0 bridgehead atoms. The van der Waals surface area contributed by atoms with Crippen molar-refractivity contribution in [2.75, 3.05) is 18.0 Å². The van der Waals surface area contributed by atoms with Gasteiger partial charge in [-0.05, 0) is 32.9 Å². The third-order valence-electron chi connectivity index (χ3n) is 5.85. The van der Waals surface area contributed by atoms with Crippen LogP contribution in [0.2, 0.25) is 0 Å². The first-order chi connectivity index (χ1) is 16.7. The number of halogens is 4. The van der Waals surface area contributed by atoms with Gasteiger partial charge in [-0.25, -0.2) is 28.4 Å². The molecule has 2 unspecified atom stereocenters. The number of ether oxygens (including phenoxy) is 1. The molecule has 1 fully saturated rings. The van der Waals surface area contributed by atoms with Crippen molar-refractivity contribution in [1.29, 1.82) is 0 Å². The average Bonchev–Trinajstić information content (AvgIpc) is 3.30. The summed E-state index contributed by atoms with van der Waals surface area (Å²) >= 11 is 0. The Morgan fingerprint density at radius 3 is 2.51 bits per heavy atom. The molecule has 4 heterocycles. The molecular weight excluding hydrogens is 466 g/mol. The summed E-state index contributed by atoms with van der Waals surface area (Å²) in [6, 6.07) is 3.23. The standard InChI is InChI=1S/C23H21F4N7O/c1-11-8-33(10-18(35-11)14-7-28-34(9-14)22(26)27)23-31-19(16-5-4-15(24)6-17(16)25)20-21(32-23)30-13(3)12(2)29-20/h4-7,9,11,18,22H,8,10H2,1-3H3. The number of rotatable bonds is 4. The lowest BCUT2D eigenvalue weighted by Crippen LogP contribution is -2.43. The summed E-state index contributed by atoms with van der Waals surface area (Å²) in [5.74, 6) is -1.25. The second-order valence-corrected chi connectivity index (χ2v) is 8.43. The van der Waals surface area contributed by atoms with E-state index in [-0.39, 0.29) is 35.5 Å². The van der Waals surface area contributed by atoms with Crippen LogP contribution >= 0.6 is 0 Å². The van der Waals surface area contributed by atoms with Crippen molar-refractivity contribution in [3.63, 3.8) is 0 Å².